The molecule has 0 unspecified atom stereocenters. The van der Waals surface area contributed by atoms with Gasteiger partial charge in [0.15, 0.2) is 0 Å². The minimum absolute atomic E-state index is 0.0507. The molecule has 0 saturated carbocycles. The van der Waals surface area contributed by atoms with Gasteiger partial charge in [0.05, 0.1) is 14.7 Å². The molecule has 1 aromatic carbocycles. The molecular formula is C10H12N2O6S2. The summed E-state index contributed by atoms with van der Waals surface area (Å²) in [4.78, 5) is 20.9. The topological polar surface area (TPSA) is 141 Å². The number of aliphatic carboxylic acids is 1. The van der Waals surface area contributed by atoms with Crippen molar-refractivity contribution in [3.05, 3.63) is 28.3 Å². The molecule has 0 heterocycles. The lowest BCUT2D eigenvalue weighted by molar-refractivity contribution is -0.388. The maximum atomic E-state index is 11.2. The van der Waals surface area contributed by atoms with Gasteiger partial charge in [0.2, 0.25) is 10.0 Å². The lowest BCUT2D eigenvalue weighted by atomic mass is 10.2. The first kappa shape index (κ1) is 16.4. The van der Waals surface area contributed by atoms with Crippen LogP contribution in [0.5, 0.6) is 0 Å². The fraction of sp³-hybridized carbons (Fsp3) is 0.300. The van der Waals surface area contributed by atoms with Gasteiger partial charge in [-0.25, -0.2) is 13.6 Å². The molecule has 0 aliphatic rings. The van der Waals surface area contributed by atoms with Gasteiger partial charge < -0.3 is 5.11 Å². The van der Waals surface area contributed by atoms with Crippen LogP contribution in [0, 0.1) is 10.1 Å². The Kier molecular flexibility index (Phi) is 4.42. The Morgan fingerprint density at radius 2 is 2.00 bits per heavy atom. The second-order valence-corrected chi connectivity index (χ2v) is 7.58. The van der Waals surface area contributed by atoms with E-state index >= 15 is 0 Å². The summed E-state index contributed by atoms with van der Waals surface area (Å²) in [7, 11) is -4.07. The highest BCUT2D eigenvalue weighted by atomic mass is 32.2. The van der Waals surface area contributed by atoms with E-state index < -0.39 is 36.2 Å². The fourth-order valence-corrected chi connectivity index (χ4v) is 2.77. The smallest absolute Gasteiger partial charge is 0.319 e. The predicted molar refractivity (Wildman–Crippen MR) is 72.0 cm³/mol. The molecule has 0 atom stereocenters. The predicted octanol–water partition coefficient (Wildman–Crippen LogP) is 1.20. The van der Waals surface area contributed by atoms with Gasteiger partial charge in [-0.3, -0.25) is 14.9 Å². The molecular weight excluding hydrogens is 308 g/mol. The van der Waals surface area contributed by atoms with E-state index in [1.165, 1.54) is 19.9 Å². The van der Waals surface area contributed by atoms with Gasteiger partial charge in [-0.15, -0.1) is 11.8 Å². The Morgan fingerprint density at radius 1 is 1.45 bits per heavy atom. The van der Waals surface area contributed by atoms with Gasteiger partial charge in [-0.2, -0.15) is 0 Å². The zero-order valence-corrected chi connectivity index (χ0v) is 12.2. The Morgan fingerprint density at radius 3 is 2.40 bits per heavy atom. The van der Waals surface area contributed by atoms with Crippen molar-refractivity contribution in [2.45, 2.75) is 28.4 Å². The number of nitro benzene ring substituents is 1. The molecule has 0 aliphatic heterocycles. The highest BCUT2D eigenvalue weighted by molar-refractivity contribution is 8.01. The average Bonchev–Trinajstić information content (AvgIpc) is 2.26. The molecule has 20 heavy (non-hydrogen) atoms. The molecule has 0 amide bonds. The first-order chi connectivity index (χ1) is 8.95. The largest absolute Gasteiger partial charge is 0.480 e. The van der Waals surface area contributed by atoms with Gasteiger partial charge in [0.1, 0.15) is 4.75 Å². The third kappa shape index (κ3) is 3.68. The number of primary sulfonamides is 1. The summed E-state index contributed by atoms with van der Waals surface area (Å²) in [6.07, 6.45) is 0. The van der Waals surface area contributed by atoms with Crippen molar-refractivity contribution < 1.29 is 23.2 Å². The van der Waals surface area contributed by atoms with Crippen molar-refractivity contribution in [1.82, 2.24) is 0 Å². The molecule has 3 N–H and O–H groups in total. The third-order valence-corrected chi connectivity index (χ3v) is 4.50. The maximum absolute atomic E-state index is 11.2. The highest BCUT2D eigenvalue weighted by Crippen LogP contribution is 2.39. The summed E-state index contributed by atoms with van der Waals surface area (Å²) in [5, 5.41) is 24.9. The number of nitro groups is 1. The quantitative estimate of drug-likeness (QED) is 0.471. The number of hydrogen-bond acceptors (Lipinski definition) is 6. The number of sulfonamides is 1. The first-order valence-corrected chi connectivity index (χ1v) is 7.55. The minimum Gasteiger partial charge on any atom is -0.480 e. The Balaban J connectivity index is 3.36. The van der Waals surface area contributed by atoms with E-state index in [0.29, 0.717) is 0 Å². The standard InChI is InChI=1S/C10H12N2O6S2/c1-10(2,9(13)14)19-8-4-3-6(20(11,17)18)5-7(8)12(15)16/h3-5H,1-2H3,(H,13,14)(H2,11,17,18). The summed E-state index contributed by atoms with van der Waals surface area (Å²) >= 11 is 0.751. The molecule has 1 rings (SSSR count). The SMILES string of the molecule is CC(C)(Sc1ccc(S(N)(=O)=O)cc1[N+](=O)[O-])C(=O)O. The van der Waals surface area contributed by atoms with Crippen LogP contribution < -0.4 is 5.14 Å². The molecule has 0 aromatic heterocycles. The maximum Gasteiger partial charge on any atom is 0.319 e. The average molecular weight is 320 g/mol. The van der Waals surface area contributed by atoms with E-state index in [9.17, 15) is 23.3 Å². The molecule has 0 bridgehead atoms. The first-order valence-electron chi connectivity index (χ1n) is 5.19. The lowest BCUT2D eigenvalue weighted by Gasteiger charge is -2.18. The molecule has 8 nitrogen and oxygen atoms in total. The second kappa shape index (κ2) is 5.38. The number of hydrogen-bond donors (Lipinski definition) is 2. The van der Waals surface area contributed by atoms with Crippen LogP contribution in [0.25, 0.3) is 0 Å². The van der Waals surface area contributed by atoms with Gasteiger partial charge in [0, 0.05) is 6.07 Å². The monoisotopic (exact) mass is 320 g/mol. The summed E-state index contributed by atoms with van der Waals surface area (Å²) in [6.45, 7) is 2.77. The minimum atomic E-state index is -4.07. The lowest BCUT2D eigenvalue weighted by Crippen LogP contribution is -2.27. The molecule has 0 saturated heterocycles. The van der Waals surface area contributed by atoms with Gasteiger partial charge in [-0.1, -0.05) is 0 Å². The van der Waals surface area contributed by atoms with Crippen LogP contribution in [-0.4, -0.2) is 29.2 Å². The molecule has 0 radical (unpaired) electrons. The number of benzene rings is 1. The van der Waals surface area contributed by atoms with E-state index in [1.54, 1.807) is 0 Å². The van der Waals surface area contributed by atoms with Crippen LogP contribution in [0.4, 0.5) is 5.69 Å². The number of thioether (sulfide) groups is 1. The van der Waals surface area contributed by atoms with E-state index in [-0.39, 0.29) is 4.90 Å². The molecule has 10 heteroatoms. The van der Waals surface area contributed by atoms with Crippen molar-refractivity contribution in [3.8, 4) is 0 Å². The Hall–Kier alpha value is -1.65. The van der Waals surface area contributed by atoms with Gasteiger partial charge in [0.25, 0.3) is 5.69 Å². The van der Waals surface area contributed by atoms with Crippen molar-refractivity contribution in [1.29, 1.82) is 0 Å². The Bertz CT molecular complexity index is 668. The molecule has 110 valence electrons. The third-order valence-electron chi connectivity index (χ3n) is 2.34. The van der Waals surface area contributed by atoms with Crippen LogP contribution >= 0.6 is 11.8 Å². The number of rotatable bonds is 5. The summed E-state index contributed by atoms with van der Waals surface area (Å²) in [5.74, 6) is -1.15. The molecule has 0 spiro atoms. The van der Waals surface area contributed by atoms with E-state index in [2.05, 4.69) is 0 Å². The summed E-state index contributed by atoms with van der Waals surface area (Å²) < 4.78 is 21.0. The van der Waals surface area contributed by atoms with Crippen molar-refractivity contribution >= 4 is 33.4 Å². The summed E-state index contributed by atoms with van der Waals surface area (Å²) in [5.41, 5.74) is -0.504. The van der Waals surface area contributed by atoms with Crippen LogP contribution in [0.1, 0.15) is 13.8 Å². The van der Waals surface area contributed by atoms with Crippen LogP contribution in [0.15, 0.2) is 28.0 Å². The van der Waals surface area contributed by atoms with Crippen LogP contribution in [0.3, 0.4) is 0 Å². The van der Waals surface area contributed by atoms with Crippen LogP contribution in [0.2, 0.25) is 0 Å². The number of carboxylic acid groups (broad SMARTS) is 1. The molecule has 0 aliphatic carbocycles. The highest BCUT2D eigenvalue weighted by Gasteiger charge is 2.32. The van der Waals surface area contributed by atoms with Crippen molar-refractivity contribution in [2.24, 2.45) is 5.14 Å². The number of nitrogens with zero attached hydrogens (tertiary/aromatic N) is 1. The van der Waals surface area contributed by atoms with E-state index in [4.69, 9.17) is 10.2 Å². The van der Waals surface area contributed by atoms with Crippen molar-refractivity contribution in [3.63, 3.8) is 0 Å². The zero-order valence-electron chi connectivity index (χ0n) is 10.6. The second-order valence-electron chi connectivity index (χ2n) is 4.35. The van der Waals surface area contributed by atoms with Gasteiger partial charge >= 0.3 is 5.97 Å². The van der Waals surface area contributed by atoms with Crippen LogP contribution in [-0.2, 0) is 14.8 Å². The van der Waals surface area contributed by atoms with E-state index in [0.717, 1.165) is 23.9 Å². The number of carboxylic acids is 1. The van der Waals surface area contributed by atoms with E-state index in [1.807, 2.05) is 0 Å². The number of carbonyl (C=O) groups is 1. The summed E-state index contributed by atoms with van der Waals surface area (Å²) in [6, 6.07) is 3.09. The molecule has 1 aromatic rings. The normalized spacial score (nSPS) is 12.2. The Labute approximate surface area is 119 Å². The zero-order chi connectivity index (χ0) is 15.7. The fourth-order valence-electron chi connectivity index (χ4n) is 1.22. The van der Waals surface area contributed by atoms with Gasteiger partial charge in [-0.05, 0) is 26.0 Å². The van der Waals surface area contributed by atoms with Crippen molar-refractivity contribution in [2.75, 3.05) is 0 Å². The molecule has 0 fully saturated rings. The number of nitrogens with two attached hydrogens (primary N) is 1.